The Kier molecular flexibility index (Phi) is 3.36. The maximum atomic E-state index is 10.3. The largest absolute Gasteiger partial charge is 0.481 e. The molecule has 0 heterocycles. The highest BCUT2D eigenvalue weighted by molar-refractivity contribution is 5.68. The van der Waals surface area contributed by atoms with Gasteiger partial charge in [0.05, 0.1) is 6.42 Å². The van der Waals surface area contributed by atoms with E-state index < -0.39 is 5.97 Å². The number of hydrogen-bond acceptors (Lipinski definition) is 2. The molecule has 0 saturated heterocycles. The molecule has 0 spiro atoms. The lowest BCUT2D eigenvalue weighted by Crippen LogP contribution is -2.40. The molecule has 0 aliphatic rings. The fourth-order valence-corrected chi connectivity index (χ4v) is 0.724. The van der Waals surface area contributed by atoms with Crippen molar-refractivity contribution in [3.63, 3.8) is 0 Å². The van der Waals surface area contributed by atoms with E-state index in [9.17, 15) is 4.79 Å². The third kappa shape index (κ3) is 2.82. The molecule has 0 aliphatic heterocycles. The van der Waals surface area contributed by atoms with Gasteiger partial charge < -0.3 is 10.4 Å². The first kappa shape index (κ1) is 9.43. The summed E-state index contributed by atoms with van der Waals surface area (Å²) in [6, 6.07) is 0. The molecule has 0 amide bonds. The van der Waals surface area contributed by atoms with E-state index in [0.717, 1.165) is 6.42 Å². The highest BCUT2D eigenvalue weighted by Crippen LogP contribution is 2.12. The van der Waals surface area contributed by atoms with Crippen molar-refractivity contribution in [2.45, 2.75) is 32.2 Å². The second kappa shape index (κ2) is 3.56. The second-order valence-corrected chi connectivity index (χ2v) is 2.73. The van der Waals surface area contributed by atoms with Crippen molar-refractivity contribution in [3.05, 3.63) is 0 Å². The number of hydrogen-bond donors (Lipinski definition) is 2. The lowest BCUT2D eigenvalue weighted by molar-refractivity contribution is -0.138. The molecule has 60 valence electrons. The van der Waals surface area contributed by atoms with E-state index >= 15 is 0 Å². The Morgan fingerprint density at radius 1 is 1.70 bits per heavy atom. The Bertz CT molecular complexity index is 119. The van der Waals surface area contributed by atoms with Gasteiger partial charge in [0, 0.05) is 5.54 Å². The van der Waals surface area contributed by atoms with Gasteiger partial charge in [-0.05, 0) is 20.4 Å². The van der Waals surface area contributed by atoms with Crippen LogP contribution in [0.2, 0.25) is 0 Å². The van der Waals surface area contributed by atoms with Gasteiger partial charge in [-0.25, -0.2) is 0 Å². The van der Waals surface area contributed by atoms with E-state index in [-0.39, 0.29) is 12.0 Å². The van der Waals surface area contributed by atoms with Crippen molar-refractivity contribution in [2.75, 3.05) is 7.05 Å². The maximum absolute atomic E-state index is 10.3. The van der Waals surface area contributed by atoms with Crippen LogP contribution in [-0.2, 0) is 4.79 Å². The van der Waals surface area contributed by atoms with Gasteiger partial charge in [0.15, 0.2) is 0 Å². The number of carboxylic acid groups (broad SMARTS) is 1. The molecule has 0 fully saturated rings. The van der Waals surface area contributed by atoms with Crippen molar-refractivity contribution >= 4 is 5.97 Å². The molecule has 1 atom stereocenters. The summed E-state index contributed by atoms with van der Waals surface area (Å²) in [6.07, 6.45) is 1.01. The Morgan fingerprint density at radius 2 is 2.20 bits per heavy atom. The smallest absolute Gasteiger partial charge is 0.305 e. The minimum atomic E-state index is -0.751. The minimum absolute atomic E-state index is 0.181. The van der Waals surface area contributed by atoms with Crippen LogP contribution in [0.25, 0.3) is 0 Å². The van der Waals surface area contributed by atoms with E-state index in [1.54, 1.807) is 7.05 Å². The number of carbonyl (C=O) groups is 1. The van der Waals surface area contributed by atoms with Crippen LogP contribution in [0.3, 0.4) is 0 Å². The lowest BCUT2D eigenvalue weighted by Gasteiger charge is -2.25. The fraction of sp³-hybridized carbons (Fsp3) is 0.857. The van der Waals surface area contributed by atoms with Crippen LogP contribution in [0.15, 0.2) is 0 Å². The monoisotopic (exact) mass is 145 g/mol. The molecule has 0 aromatic rings. The molecule has 10 heavy (non-hydrogen) atoms. The molecule has 0 bridgehead atoms. The van der Waals surface area contributed by atoms with Crippen LogP contribution >= 0.6 is 0 Å². The van der Waals surface area contributed by atoms with Crippen LogP contribution < -0.4 is 5.32 Å². The van der Waals surface area contributed by atoms with E-state index in [1.807, 2.05) is 13.8 Å². The summed E-state index contributed by atoms with van der Waals surface area (Å²) in [6.45, 7) is 3.88. The summed E-state index contributed by atoms with van der Waals surface area (Å²) >= 11 is 0. The van der Waals surface area contributed by atoms with Crippen LogP contribution in [-0.4, -0.2) is 23.7 Å². The van der Waals surface area contributed by atoms with Gasteiger partial charge in [-0.2, -0.15) is 0 Å². The average Bonchev–Trinajstić information content (AvgIpc) is 1.87. The van der Waals surface area contributed by atoms with Gasteiger partial charge in [0.2, 0.25) is 0 Å². The topological polar surface area (TPSA) is 49.3 Å². The molecule has 2 N–H and O–H groups in total. The standard InChI is InChI=1S/C7H15NO2/c1-4-7(2,8-3)5-6(9)10/h8H,4-5H2,1-3H3,(H,9,10). The highest BCUT2D eigenvalue weighted by Gasteiger charge is 2.22. The molecule has 0 saturated carbocycles. The zero-order valence-corrected chi connectivity index (χ0v) is 6.77. The normalized spacial score (nSPS) is 16.3. The quantitative estimate of drug-likeness (QED) is 0.616. The van der Waals surface area contributed by atoms with Gasteiger partial charge in [0.25, 0.3) is 0 Å². The van der Waals surface area contributed by atoms with Crippen LogP contribution in [0, 0.1) is 0 Å². The molecule has 0 rings (SSSR count). The van der Waals surface area contributed by atoms with Crippen molar-refractivity contribution < 1.29 is 9.90 Å². The molecule has 0 radical (unpaired) electrons. The van der Waals surface area contributed by atoms with Gasteiger partial charge in [-0.15, -0.1) is 0 Å². The Morgan fingerprint density at radius 3 is 2.30 bits per heavy atom. The molecule has 0 aromatic carbocycles. The summed E-state index contributed by atoms with van der Waals surface area (Å²) in [5, 5.41) is 11.4. The molecule has 1 unspecified atom stereocenters. The zero-order chi connectivity index (χ0) is 8.20. The van der Waals surface area contributed by atoms with Gasteiger partial charge >= 0.3 is 5.97 Å². The Balaban J connectivity index is 3.92. The summed E-state index contributed by atoms with van der Waals surface area (Å²) in [4.78, 5) is 10.3. The van der Waals surface area contributed by atoms with E-state index in [1.165, 1.54) is 0 Å². The van der Waals surface area contributed by atoms with Crippen LogP contribution in [0.5, 0.6) is 0 Å². The van der Waals surface area contributed by atoms with Gasteiger partial charge in [-0.1, -0.05) is 6.92 Å². The molecular formula is C7H15NO2. The number of rotatable bonds is 4. The minimum Gasteiger partial charge on any atom is -0.481 e. The third-order valence-corrected chi connectivity index (χ3v) is 1.93. The maximum Gasteiger partial charge on any atom is 0.305 e. The summed E-state index contributed by atoms with van der Waals surface area (Å²) in [7, 11) is 1.78. The van der Waals surface area contributed by atoms with Gasteiger partial charge in [-0.3, -0.25) is 4.79 Å². The van der Waals surface area contributed by atoms with E-state index in [4.69, 9.17) is 5.11 Å². The van der Waals surface area contributed by atoms with Crippen molar-refractivity contribution in [2.24, 2.45) is 0 Å². The molecule has 0 aliphatic carbocycles. The van der Waals surface area contributed by atoms with Crippen molar-refractivity contribution in [1.29, 1.82) is 0 Å². The molecule has 3 heteroatoms. The first-order chi connectivity index (χ1) is 4.54. The molecular weight excluding hydrogens is 130 g/mol. The van der Waals surface area contributed by atoms with E-state index in [2.05, 4.69) is 5.32 Å². The molecule has 3 nitrogen and oxygen atoms in total. The summed E-state index contributed by atoms with van der Waals surface area (Å²) in [5.41, 5.74) is -0.244. The lowest BCUT2D eigenvalue weighted by atomic mass is 9.95. The summed E-state index contributed by atoms with van der Waals surface area (Å²) < 4.78 is 0. The molecule has 0 aromatic heterocycles. The SMILES string of the molecule is CCC(C)(CC(=O)O)NC. The summed E-state index contributed by atoms with van der Waals surface area (Å²) in [5.74, 6) is -0.751. The predicted octanol–water partition coefficient (Wildman–Crippen LogP) is 0.849. The van der Waals surface area contributed by atoms with E-state index in [0.29, 0.717) is 0 Å². The Labute approximate surface area is 61.4 Å². The Hall–Kier alpha value is -0.570. The van der Waals surface area contributed by atoms with Crippen LogP contribution in [0.4, 0.5) is 0 Å². The first-order valence-electron chi connectivity index (χ1n) is 3.45. The number of carboxylic acids is 1. The van der Waals surface area contributed by atoms with Crippen LogP contribution in [0.1, 0.15) is 26.7 Å². The second-order valence-electron chi connectivity index (χ2n) is 2.73. The highest BCUT2D eigenvalue weighted by atomic mass is 16.4. The van der Waals surface area contributed by atoms with Crippen molar-refractivity contribution in [3.8, 4) is 0 Å². The third-order valence-electron chi connectivity index (χ3n) is 1.93. The number of nitrogens with one attached hydrogen (secondary N) is 1. The average molecular weight is 145 g/mol. The number of aliphatic carboxylic acids is 1. The van der Waals surface area contributed by atoms with Crippen molar-refractivity contribution in [1.82, 2.24) is 5.32 Å². The predicted molar refractivity (Wildman–Crippen MR) is 40.0 cm³/mol. The first-order valence-corrected chi connectivity index (χ1v) is 3.45. The fourth-order valence-electron chi connectivity index (χ4n) is 0.724. The zero-order valence-electron chi connectivity index (χ0n) is 6.77. The van der Waals surface area contributed by atoms with Gasteiger partial charge in [0.1, 0.15) is 0 Å².